The zero-order valence-corrected chi connectivity index (χ0v) is 16.6. The molecule has 2 heteroatoms. The molecular weight excluding hydrogens is 300 g/mol. The minimum atomic E-state index is 0.303. The summed E-state index contributed by atoms with van der Waals surface area (Å²) in [5, 5.41) is 11.5. The number of rotatable bonds is 7. The number of unbranched alkanes of at least 4 members (excludes halogenated alkanes) is 2. The molecule has 1 aromatic carbocycles. The van der Waals surface area contributed by atoms with Gasteiger partial charge in [-0.15, -0.1) is 0 Å². The van der Waals surface area contributed by atoms with Gasteiger partial charge in [-0.1, -0.05) is 26.7 Å². The lowest BCUT2D eigenvalue weighted by molar-refractivity contribution is 0.458. The maximum absolute atomic E-state index is 10.7. The highest BCUT2D eigenvalue weighted by Crippen LogP contribution is 2.44. The summed E-state index contributed by atoms with van der Waals surface area (Å²) < 4.78 is 0.403. The molecule has 130 valence electrons. The van der Waals surface area contributed by atoms with Crippen molar-refractivity contribution in [1.29, 1.82) is 0 Å². The zero-order valence-electron chi connectivity index (χ0n) is 15.7. The Morgan fingerprint density at radius 2 is 1.61 bits per heavy atom. The molecule has 1 aromatic rings. The van der Waals surface area contributed by atoms with Crippen LogP contribution in [-0.4, -0.2) is 15.1 Å². The Morgan fingerprint density at radius 3 is 2.00 bits per heavy atom. The molecule has 0 saturated carbocycles. The summed E-state index contributed by atoms with van der Waals surface area (Å²) in [6, 6.07) is 4.68. The lowest BCUT2D eigenvalue weighted by atomic mass is 10.0. The second kappa shape index (κ2) is 7.96. The molecule has 23 heavy (non-hydrogen) atoms. The number of benzene rings is 1. The van der Waals surface area contributed by atoms with Gasteiger partial charge in [-0.25, -0.2) is 0 Å². The molecular formula is C21H35OS+. The summed E-state index contributed by atoms with van der Waals surface area (Å²) in [5.74, 6) is 0.587. The van der Waals surface area contributed by atoms with Crippen LogP contribution in [0.2, 0.25) is 0 Å². The lowest BCUT2D eigenvalue weighted by Crippen LogP contribution is -2.30. The van der Waals surface area contributed by atoms with Crippen LogP contribution in [0.4, 0.5) is 0 Å². The van der Waals surface area contributed by atoms with Crippen LogP contribution in [0.1, 0.15) is 84.3 Å². The van der Waals surface area contributed by atoms with E-state index in [-0.39, 0.29) is 0 Å². The largest absolute Gasteiger partial charge is 0.507 e. The van der Waals surface area contributed by atoms with Crippen molar-refractivity contribution in [3.05, 3.63) is 23.3 Å². The molecule has 1 aliphatic rings. The van der Waals surface area contributed by atoms with Crippen LogP contribution < -0.4 is 0 Å². The minimum absolute atomic E-state index is 0.303. The smallest absolute Gasteiger partial charge is 0.156 e. The van der Waals surface area contributed by atoms with Crippen molar-refractivity contribution in [3.8, 4) is 5.75 Å². The van der Waals surface area contributed by atoms with Crippen molar-refractivity contribution < 1.29 is 5.11 Å². The number of phenols is 1. The molecule has 0 bridgehead atoms. The molecule has 1 aliphatic heterocycles. The van der Waals surface area contributed by atoms with Gasteiger partial charge in [-0.3, -0.25) is 0 Å². The fourth-order valence-electron chi connectivity index (χ4n) is 3.85. The van der Waals surface area contributed by atoms with Gasteiger partial charge >= 0.3 is 0 Å². The number of hydrogen-bond donors (Lipinski definition) is 1. The Kier molecular flexibility index (Phi) is 6.48. The monoisotopic (exact) mass is 335 g/mol. The van der Waals surface area contributed by atoms with Crippen molar-refractivity contribution in [2.45, 2.75) is 101 Å². The first kappa shape index (κ1) is 18.7. The van der Waals surface area contributed by atoms with E-state index in [1.54, 1.807) is 0 Å². The van der Waals surface area contributed by atoms with E-state index in [0.29, 0.717) is 21.4 Å². The molecule has 1 heterocycles. The standard InChI is InChI=1S/C21H34OS/c1-6-8-10-17-14-19(15-18(20(17)22)11-9-7-2)23-16(3)12-13-21(23,4)5/h14-16H,6-13H2,1-5H3/p+1. The highest BCUT2D eigenvalue weighted by atomic mass is 32.2. The molecule has 1 saturated heterocycles. The molecule has 2 rings (SSSR count). The molecule has 0 radical (unpaired) electrons. The number of aryl methyl sites for hydroxylation is 2. The molecule has 0 aromatic heterocycles. The zero-order chi connectivity index (χ0) is 17.0. The van der Waals surface area contributed by atoms with Gasteiger partial charge in [0.2, 0.25) is 0 Å². The summed E-state index contributed by atoms with van der Waals surface area (Å²) in [6.45, 7) is 11.7. The van der Waals surface area contributed by atoms with Crippen molar-refractivity contribution >= 4 is 10.9 Å². The van der Waals surface area contributed by atoms with Crippen molar-refractivity contribution in [3.63, 3.8) is 0 Å². The molecule has 1 N–H and O–H groups in total. The van der Waals surface area contributed by atoms with Gasteiger partial charge in [0, 0.05) is 35.9 Å². The second-order valence-corrected chi connectivity index (χ2v) is 10.8. The summed E-state index contributed by atoms with van der Waals surface area (Å²) in [7, 11) is 0.303. The number of phenolic OH excluding ortho intramolecular Hbond substituents is 1. The van der Waals surface area contributed by atoms with Crippen LogP contribution in [0.5, 0.6) is 5.75 Å². The molecule has 2 atom stereocenters. The normalized spacial score (nSPS) is 23.3. The van der Waals surface area contributed by atoms with E-state index in [1.807, 2.05) is 0 Å². The van der Waals surface area contributed by atoms with Crippen LogP contribution in [0, 0.1) is 0 Å². The molecule has 0 aliphatic carbocycles. The molecule has 0 amide bonds. The molecule has 0 spiro atoms. The summed E-state index contributed by atoms with van der Waals surface area (Å²) in [4.78, 5) is 1.51. The van der Waals surface area contributed by atoms with E-state index in [1.165, 1.54) is 41.7 Å². The lowest BCUT2D eigenvalue weighted by Gasteiger charge is -2.22. The third kappa shape index (κ3) is 4.26. The second-order valence-electron chi connectivity index (χ2n) is 7.74. The summed E-state index contributed by atoms with van der Waals surface area (Å²) in [5.41, 5.74) is 2.38. The quantitative estimate of drug-likeness (QED) is 0.604. The van der Waals surface area contributed by atoms with E-state index >= 15 is 0 Å². The Labute approximate surface area is 146 Å². The van der Waals surface area contributed by atoms with E-state index < -0.39 is 0 Å². The van der Waals surface area contributed by atoms with E-state index in [4.69, 9.17) is 0 Å². The molecule has 1 nitrogen and oxygen atoms in total. The first-order chi connectivity index (χ1) is 10.9. The van der Waals surface area contributed by atoms with Gasteiger partial charge in [-0.05, 0) is 57.6 Å². The van der Waals surface area contributed by atoms with Crippen LogP contribution in [0.25, 0.3) is 0 Å². The summed E-state index contributed by atoms with van der Waals surface area (Å²) >= 11 is 0. The topological polar surface area (TPSA) is 20.2 Å². The van der Waals surface area contributed by atoms with Crippen LogP contribution in [-0.2, 0) is 23.7 Å². The fraction of sp³-hybridized carbons (Fsp3) is 0.714. The van der Waals surface area contributed by atoms with Gasteiger partial charge in [0.1, 0.15) is 15.7 Å². The first-order valence-corrected chi connectivity index (χ1v) is 10.8. The maximum Gasteiger partial charge on any atom is 0.156 e. The minimum Gasteiger partial charge on any atom is -0.507 e. The predicted octanol–water partition coefficient (Wildman–Crippen LogP) is 6.02. The van der Waals surface area contributed by atoms with E-state index in [0.717, 1.165) is 30.9 Å². The number of hydrogen-bond acceptors (Lipinski definition) is 1. The SMILES string of the molecule is CCCCc1cc([S+]2C(C)CCC2(C)C)cc(CCCC)c1O. The van der Waals surface area contributed by atoms with E-state index in [2.05, 4.69) is 46.8 Å². The first-order valence-electron chi connectivity index (χ1n) is 9.48. The average molecular weight is 336 g/mol. The third-order valence-electron chi connectivity index (χ3n) is 5.25. The van der Waals surface area contributed by atoms with Gasteiger partial charge in [0.05, 0.1) is 0 Å². The van der Waals surface area contributed by atoms with Crippen LogP contribution in [0.3, 0.4) is 0 Å². The van der Waals surface area contributed by atoms with Gasteiger partial charge < -0.3 is 5.11 Å². The average Bonchev–Trinajstić information content (AvgIpc) is 2.78. The molecule has 2 unspecified atom stereocenters. The Hall–Kier alpha value is -0.630. The van der Waals surface area contributed by atoms with Crippen LogP contribution >= 0.6 is 0 Å². The Morgan fingerprint density at radius 1 is 1.09 bits per heavy atom. The fourth-order valence-corrected chi connectivity index (χ4v) is 7.27. The predicted molar refractivity (Wildman–Crippen MR) is 104 cm³/mol. The highest BCUT2D eigenvalue weighted by molar-refractivity contribution is 7.99. The van der Waals surface area contributed by atoms with Gasteiger partial charge in [0.25, 0.3) is 0 Å². The number of aromatic hydroxyl groups is 1. The Bertz CT molecular complexity index is 492. The van der Waals surface area contributed by atoms with Crippen molar-refractivity contribution in [2.75, 3.05) is 0 Å². The van der Waals surface area contributed by atoms with Crippen molar-refractivity contribution in [2.24, 2.45) is 0 Å². The summed E-state index contributed by atoms with van der Waals surface area (Å²) in [6.07, 6.45) is 9.39. The van der Waals surface area contributed by atoms with Gasteiger partial charge in [0.15, 0.2) is 4.90 Å². The Balaban J connectivity index is 2.41. The maximum atomic E-state index is 10.7. The van der Waals surface area contributed by atoms with Crippen molar-refractivity contribution in [1.82, 2.24) is 0 Å². The van der Waals surface area contributed by atoms with E-state index in [9.17, 15) is 5.11 Å². The third-order valence-corrected chi connectivity index (χ3v) is 8.42. The van der Waals surface area contributed by atoms with Gasteiger partial charge in [-0.2, -0.15) is 0 Å². The van der Waals surface area contributed by atoms with Crippen LogP contribution in [0.15, 0.2) is 17.0 Å². The molecule has 1 fully saturated rings. The highest BCUT2D eigenvalue weighted by Gasteiger charge is 2.50.